The molecule has 0 bridgehead atoms. The Balaban J connectivity index is 1.21. The van der Waals surface area contributed by atoms with Crippen molar-refractivity contribution in [2.24, 2.45) is 0 Å². The van der Waals surface area contributed by atoms with E-state index >= 15 is 0 Å². The van der Waals surface area contributed by atoms with Crippen molar-refractivity contribution >= 4 is 57.7 Å². The number of H-pyrrole nitrogens is 2. The summed E-state index contributed by atoms with van der Waals surface area (Å²) in [7, 11) is -15.7. The Bertz CT molecular complexity index is 2430. The van der Waals surface area contributed by atoms with Gasteiger partial charge in [0.25, 0.3) is 11.1 Å². The molecule has 0 saturated carbocycles. The van der Waals surface area contributed by atoms with Gasteiger partial charge in [0.05, 0.1) is 32.5 Å². The van der Waals surface area contributed by atoms with Crippen molar-refractivity contribution in [1.82, 2.24) is 39.0 Å². The van der Waals surface area contributed by atoms with Gasteiger partial charge in [-0.2, -0.15) is 9.97 Å². The molecule has 27 nitrogen and oxygen atoms in total. The number of fused-ring (bicyclic) bond motifs is 4. The van der Waals surface area contributed by atoms with Gasteiger partial charge in [0, 0.05) is 6.42 Å². The first-order chi connectivity index (χ1) is 26.5. The number of phosphoric ester groups is 3. The van der Waals surface area contributed by atoms with Crippen LogP contribution >= 0.6 is 23.5 Å². The van der Waals surface area contributed by atoms with Gasteiger partial charge in [0.15, 0.2) is 34.8 Å². The van der Waals surface area contributed by atoms with Gasteiger partial charge in [-0.05, 0) is 12.8 Å². The topological polar surface area (TPSA) is 385 Å². The summed E-state index contributed by atoms with van der Waals surface area (Å²) in [4.78, 5) is 77.9. The van der Waals surface area contributed by atoms with Crippen LogP contribution in [-0.2, 0) is 50.3 Å². The summed E-state index contributed by atoms with van der Waals surface area (Å²) in [6.07, 6.45) is -5.89. The molecule has 0 aromatic carbocycles. The van der Waals surface area contributed by atoms with Crippen molar-refractivity contribution in [2.75, 3.05) is 31.3 Å². The highest BCUT2D eigenvalue weighted by atomic mass is 31.2. The lowest BCUT2D eigenvalue weighted by Gasteiger charge is -2.29. The SMILES string of the molecule is C#CCCCCOP(=O)(O)O[C@@H]1[C@@H]2OP(=O)(O)OC[C@@H]3O[C@H](n4cnc5c(=O)[nH]c(N)nc54)[C@@H](O)[C@H]3OP(=O)(O)OC[C@H]2O[C@H]1n1cnc2c(=O)[nH]c(N)nc21. The fourth-order valence-corrected chi connectivity index (χ4v) is 9.05. The number of aliphatic hydroxyl groups excluding tert-OH is 1. The molecule has 10 N–H and O–H groups in total. The molecule has 304 valence electrons. The summed E-state index contributed by atoms with van der Waals surface area (Å²) >= 11 is 0. The molecule has 3 saturated heterocycles. The highest BCUT2D eigenvalue weighted by Gasteiger charge is 2.56. The molecule has 3 aliphatic heterocycles. The van der Waals surface area contributed by atoms with Crippen molar-refractivity contribution in [3.63, 3.8) is 0 Å². The Labute approximate surface area is 312 Å². The van der Waals surface area contributed by atoms with Crippen LogP contribution < -0.4 is 22.6 Å². The average Bonchev–Trinajstić information content (AvgIpc) is 3.87. The minimum Gasteiger partial charge on any atom is -0.386 e. The summed E-state index contributed by atoms with van der Waals surface area (Å²) in [5.74, 6) is 1.73. The highest BCUT2D eigenvalue weighted by molar-refractivity contribution is 7.48. The maximum absolute atomic E-state index is 13.6. The Morgan fingerprint density at radius 3 is 2.00 bits per heavy atom. The number of hydrogen-bond acceptors (Lipinski definition) is 20. The van der Waals surface area contributed by atoms with Crippen LogP contribution in [0.25, 0.3) is 22.3 Å². The number of imidazole rings is 2. The molecular formula is C26H33N10O17P3. The minimum absolute atomic E-state index is 0.162. The van der Waals surface area contributed by atoms with E-state index in [1.165, 1.54) is 0 Å². The lowest BCUT2D eigenvalue weighted by molar-refractivity contribution is -0.0663. The van der Waals surface area contributed by atoms with Crippen LogP contribution in [0.4, 0.5) is 11.9 Å². The normalized spacial score (nSPS) is 33.6. The molecule has 7 heterocycles. The van der Waals surface area contributed by atoms with E-state index < -0.39 is 96.9 Å². The van der Waals surface area contributed by atoms with E-state index in [2.05, 4.69) is 35.8 Å². The lowest BCUT2D eigenvalue weighted by atomic mass is 10.1. The van der Waals surface area contributed by atoms with Gasteiger partial charge in [-0.25, -0.2) is 23.7 Å². The van der Waals surface area contributed by atoms with Crippen molar-refractivity contribution in [3.05, 3.63) is 33.4 Å². The van der Waals surface area contributed by atoms with Crippen molar-refractivity contribution < 1.29 is 70.1 Å². The first-order valence-electron chi connectivity index (χ1n) is 16.3. The van der Waals surface area contributed by atoms with E-state index in [0.29, 0.717) is 12.8 Å². The maximum Gasteiger partial charge on any atom is 0.472 e. The molecule has 0 aliphatic carbocycles. The van der Waals surface area contributed by atoms with Gasteiger partial charge in [-0.3, -0.25) is 55.8 Å². The molecular weight excluding hydrogens is 817 g/mol. The Morgan fingerprint density at radius 2 is 1.43 bits per heavy atom. The number of nitrogens with two attached hydrogens (primary N) is 2. The van der Waals surface area contributed by atoms with Crippen LogP contribution in [0.3, 0.4) is 0 Å². The fourth-order valence-electron chi connectivity index (χ4n) is 6.17. The summed E-state index contributed by atoms with van der Waals surface area (Å²) in [5, 5.41) is 11.3. The quantitative estimate of drug-likeness (QED) is 0.0562. The number of aliphatic hydroxyl groups is 1. The lowest BCUT2D eigenvalue weighted by Crippen LogP contribution is -2.39. The van der Waals surface area contributed by atoms with E-state index in [0.717, 1.165) is 21.8 Å². The minimum atomic E-state index is -5.35. The van der Waals surface area contributed by atoms with Crippen LogP contribution in [-0.4, -0.2) is 115 Å². The number of phosphoric acid groups is 3. The third-order valence-electron chi connectivity index (χ3n) is 8.58. The molecule has 0 radical (unpaired) electrons. The number of unbranched alkanes of at least 4 members (excludes halogenated alkanes) is 2. The van der Waals surface area contributed by atoms with Crippen molar-refractivity contribution in [1.29, 1.82) is 0 Å². The number of nitrogen functional groups attached to an aromatic ring is 2. The number of nitrogens with one attached hydrogen (secondary N) is 2. The van der Waals surface area contributed by atoms with Crippen LogP contribution in [0.2, 0.25) is 0 Å². The zero-order valence-corrected chi connectivity index (χ0v) is 31.1. The molecule has 4 aromatic rings. The second-order valence-corrected chi connectivity index (χ2v) is 16.6. The van der Waals surface area contributed by atoms with Crippen LogP contribution in [0.15, 0.2) is 22.2 Å². The zero-order chi connectivity index (χ0) is 40.2. The third kappa shape index (κ3) is 8.23. The van der Waals surface area contributed by atoms with Gasteiger partial charge in [0.1, 0.15) is 36.6 Å². The maximum atomic E-state index is 13.6. The molecule has 7 rings (SSSR count). The van der Waals surface area contributed by atoms with Crippen molar-refractivity contribution in [2.45, 2.75) is 68.3 Å². The number of nitrogens with zero attached hydrogens (tertiary/aromatic N) is 6. The van der Waals surface area contributed by atoms with Gasteiger partial charge in [-0.15, -0.1) is 12.3 Å². The van der Waals surface area contributed by atoms with E-state index in [1.807, 2.05) is 0 Å². The number of aromatic nitrogens is 8. The first-order valence-corrected chi connectivity index (χ1v) is 20.8. The van der Waals surface area contributed by atoms with Crippen molar-refractivity contribution in [3.8, 4) is 12.3 Å². The van der Waals surface area contributed by atoms with Gasteiger partial charge < -0.3 is 40.7 Å². The number of anilines is 2. The molecule has 0 spiro atoms. The molecule has 3 fully saturated rings. The molecule has 3 aliphatic rings. The third-order valence-corrected chi connectivity index (χ3v) is 11.6. The van der Waals surface area contributed by atoms with Crippen LogP contribution in [0.1, 0.15) is 31.7 Å². The predicted octanol–water partition coefficient (Wildman–Crippen LogP) is -1.10. The molecule has 4 aromatic heterocycles. The Morgan fingerprint density at radius 1 is 0.911 bits per heavy atom. The Kier molecular flexibility index (Phi) is 11.1. The summed E-state index contributed by atoms with van der Waals surface area (Å²) in [5.41, 5.74) is 9.00. The molecule has 56 heavy (non-hydrogen) atoms. The standard InChI is InChI=1S/C26H33N10O17P3/c1-2-3-4-5-6-46-54(40,41)53-18-17-12(50-24(18)36-10-30-14-20(36)32-26(28)34-22(14)39)8-48-55(42,43)51-16-11(7-47-56(44,45)52-17)49-23(15(16)37)35-9-29-13-19(35)31-25(27)33-21(13)38/h1,9-12,15-18,23-24,37H,3-8H2,(H,40,41)(H,42,43)(H,44,45)(H3,27,31,33,38)(H3,28,32,34,39)/t11-,12+,15-,16-,17+,18+,23-,24+/m0/s1. The number of terminal acetylenes is 1. The summed E-state index contributed by atoms with van der Waals surface area (Å²) in [6.45, 7) is -2.31. The van der Waals surface area contributed by atoms with Gasteiger partial charge in [-0.1, -0.05) is 0 Å². The zero-order valence-electron chi connectivity index (χ0n) is 28.4. The fraction of sp³-hybridized carbons (Fsp3) is 0.538. The molecule has 30 heteroatoms. The van der Waals surface area contributed by atoms with E-state index in [1.54, 1.807) is 0 Å². The summed E-state index contributed by atoms with van der Waals surface area (Å²) < 4.78 is 85.9. The second kappa shape index (κ2) is 15.4. The predicted molar refractivity (Wildman–Crippen MR) is 184 cm³/mol. The number of ether oxygens (including phenoxy) is 2. The second-order valence-electron chi connectivity index (χ2n) is 12.4. The van der Waals surface area contributed by atoms with E-state index in [9.17, 15) is 43.1 Å². The highest BCUT2D eigenvalue weighted by Crippen LogP contribution is 2.56. The van der Waals surface area contributed by atoms with Crippen LogP contribution in [0.5, 0.6) is 0 Å². The van der Waals surface area contributed by atoms with Crippen LogP contribution in [0, 0.1) is 12.3 Å². The average molecular weight is 851 g/mol. The monoisotopic (exact) mass is 850 g/mol. The molecule has 11 atom stereocenters. The summed E-state index contributed by atoms with van der Waals surface area (Å²) in [6, 6.07) is 0. The first kappa shape index (κ1) is 40.3. The molecule has 3 unspecified atom stereocenters. The van der Waals surface area contributed by atoms with E-state index in [-0.39, 0.29) is 47.3 Å². The van der Waals surface area contributed by atoms with Gasteiger partial charge in [0.2, 0.25) is 11.9 Å². The van der Waals surface area contributed by atoms with Gasteiger partial charge >= 0.3 is 23.5 Å². The number of aromatic amines is 2. The smallest absolute Gasteiger partial charge is 0.386 e. The van der Waals surface area contributed by atoms with E-state index in [4.69, 9.17) is 54.5 Å². The molecule has 0 amide bonds. The largest absolute Gasteiger partial charge is 0.472 e. The number of hydrogen-bond donors (Lipinski definition) is 8. The number of rotatable bonds is 9. The Hall–Kier alpha value is -3.93.